The Labute approximate surface area is 180 Å². The summed E-state index contributed by atoms with van der Waals surface area (Å²) < 4.78 is 17.0. The third-order valence-corrected chi connectivity index (χ3v) is 4.66. The highest BCUT2D eigenvalue weighted by atomic mass is 35.5. The SMILES string of the molecule is COc1cc(NC(C)=O)c(Nc2ccccc2Oc2ccc(Cl)cc2)c(C)c1OC. The topological polar surface area (TPSA) is 68.8 Å². The molecular formula is C23H23ClN2O4. The summed E-state index contributed by atoms with van der Waals surface area (Å²) >= 11 is 5.96. The van der Waals surface area contributed by atoms with Crippen molar-refractivity contribution in [2.24, 2.45) is 0 Å². The van der Waals surface area contributed by atoms with Gasteiger partial charge in [0.15, 0.2) is 17.2 Å². The molecule has 0 radical (unpaired) electrons. The Morgan fingerprint density at radius 3 is 2.27 bits per heavy atom. The predicted octanol–water partition coefficient (Wildman–Crippen LogP) is 6.16. The molecule has 3 rings (SSSR count). The van der Waals surface area contributed by atoms with Gasteiger partial charge >= 0.3 is 0 Å². The monoisotopic (exact) mass is 426 g/mol. The Morgan fingerprint density at radius 1 is 0.933 bits per heavy atom. The van der Waals surface area contributed by atoms with Crippen LogP contribution in [0.5, 0.6) is 23.0 Å². The molecule has 0 saturated heterocycles. The summed E-state index contributed by atoms with van der Waals surface area (Å²) in [5.41, 5.74) is 2.74. The fourth-order valence-electron chi connectivity index (χ4n) is 3.05. The van der Waals surface area contributed by atoms with Gasteiger partial charge in [-0.3, -0.25) is 4.79 Å². The van der Waals surface area contributed by atoms with Crippen LogP contribution < -0.4 is 24.8 Å². The molecule has 1 amide bonds. The second-order valence-corrected chi connectivity index (χ2v) is 6.95. The van der Waals surface area contributed by atoms with E-state index in [1.54, 1.807) is 44.6 Å². The van der Waals surface area contributed by atoms with Crippen molar-refractivity contribution in [3.63, 3.8) is 0 Å². The lowest BCUT2D eigenvalue weighted by atomic mass is 10.1. The van der Waals surface area contributed by atoms with E-state index in [1.807, 2.05) is 31.2 Å². The van der Waals surface area contributed by atoms with E-state index in [1.165, 1.54) is 6.92 Å². The van der Waals surface area contributed by atoms with Crippen LogP contribution >= 0.6 is 11.6 Å². The molecular weight excluding hydrogens is 404 g/mol. The van der Waals surface area contributed by atoms with Gasteiger partial charge in [-0.25, -0.2) is 0 Å². The van der Waals surface area contributed by atoms with Gasteiger partial charge in [-0.15, -0.1) is 0 Å². The van der Waals surface area contributed by atoms with Crippen molar-refractivity contribution in [2.45, 2.75) is 13.8 Å². The lowest BCUT2D eigenvalue weighted by Crippen LogP contribution is -2.10. The lowest BCUT2D eigenvalue weighted by molar-refractivity contribution is -0.114. The fourth-order valence-corrected chi connectivity index (χ4v) is 3.17. The van der Waals surface area contributed by atoms with Gasteiger partial charge in [0.1, 0.15) is 5.75 Å². The number of para-hydroxylation sites is 2. The maximum absolute atomic E-state index is 11.8. The number of anilines is 3. The molecule has 0 saturated carbocycles. The largest absolute Gasteiger partial charge is 0.493 e. The Morgan fingerprint density at radius 2 is 1.63 bits per heavy atom. The molecule has 2 N–H and O–H groups in total. The molecule has 0 fully saturated rings. The summed E-state index contributed by atoms with van der Waals surface area (Å²) in [6.07, 6.45) is 0. The van der Waals surface area contributed by atoms with E-state index in [-0.39, 0.29) is 5.91 Å². The number of benzene rings is 3. The second kappa shape index (κ2) is 9.41. The zero-order chi connectivity index (χ0) is 21.7. The standard InChI is InChI=1S/C23H23ClN2O4/c1-14-22(19(25-15(2)27)13-21(28-3)23(14)29-4)26-18-7-5-6-8-20(18)30-17-11-9-16(24)10-12-17/h5-13,26H,1-4H3,(H,25,27). The molecule has 0 bridgehead atoms. The van der Waals surface area contributed by atoms with Gasteiger partial charge in [0.05, 0.1) is 31.3 Å². The molecule has 0 aliphatic heterocycles. The van der Waals surface area contributed by atoms with Crippen molar-refractivity contribution in [3.05, 3.63) is 65.2 Å². The minimum atomic E-state index is -0.199. The second-order valence-electron chi connectivity index (χ2n) is 6.52. The Balaban J connectivity index is 2.03. The molecule has 3 aromatic carbocycles. The Hall–Kier alpha value is -3.38. The van der Waals surface area contributed by atoms with E-state index in [0.29, 0.717) is 39.4 Å². The van der Waals surface area contributed by atoms with Gasteiger partial charge < -0.3 is 24.8 Å². The van der Waals surface area contributed by atoms with Crippen molar-refractivity contribution in [3.8, 4) is 23.0 Å². The molecule has 7 heteroatoms. The van der Waals surface area contributed by atoms with Crippen LogP contribution in [0, 0.1) is 6.92 Å². The van der Waals surface area contributed by atoms with Gasteiger partial charge in [0.25, 0.3) is 0 Å². The highest BCUT2D eigenvalue weighted by molar-refractivity contribution is 6.30. The van der Waals surface area contributed by atoms with Gasteiger partial charge in [-0.2, -0.15) is 0 Å². The highest BCUT2D eigenvalue weighted by Crippen LogP contribution is 2.43. The molecule has 6 nitrogen and oxygen atoms in total. The average Bonchev–Trinajstić information content (AvgIpc) is 2.72. The minimum absolute atomic E-state index is 0.199. The molecule has 156 valence electrons. The van der Waals surface area contributed by atoms with Crippen LogP contribution in [0.1, 0.15) is 12.5 Å². The molecule has 3 aromatic rings. The van der Waals surface area contributed by atoms with Crippen LogP contribution in [-0.2, 0) is 4.79 Å². The number of methoxy groups -OCH3 is 2. The van der Waals surface area contributed by atoms with Crippen LogP contribution in [0.2, 0.25) is 5.02 Å². The van der Waals surface area contributed by atoms with E-state index in [2.05, 4.69) is 10.6 Å². The van der Waals surface area contributed by atoms with Crippen LogP contribution in [-0.4, -0.2) is 20.1 Å². The molecule has 0 aromatic heterocycles. The van der Waals surface area contributed by atoms with Crippen molar-refractivity contribution >= 4 is 34.6 Å². The first-order valence-corrected chi connectivity index (χ1v) is 9.63. The summed E-state index contributed by atoms with van der Waals surface area (Å²) in [6, 6.07) is 16.4. The van der Waals surface area contributed by atoms with Crippen LogP contribution in [0.3, 0.4) is 0 Å². The molecule has 0 aliphatic rings. The molecule has 0 aliphatic carbocycles. The van der Waals surface area contributed by atoms with Gasteiger partial charge in [-0.05, 0) is 43.3 Å². The maximum atomic E-state index is 11.8. The van der Waals surface area contributed by atoms with Crippen LogP contribution in [0.4, 0.5) is 17.1 Å². The lowest BCUT2D eigenvalue weighted by Gasteiger charge is -2.21. The normalized spacial score (nSPS) is 10.3. The summed E-state index contributed by atoms with van der Waals surface area (Å²) in [5.74, 6) is 2.16. The molecule has 0 unspecified atom stereocenters. The van der Waals surface area contributed by atoms with Crippen LogP contribution in [0.15, 0.2) is 54.6 Å². The van der Waals surface area contributed by atoms with Crippen molar-refractivity contribution < 1.29 is 19.0 Å². The number of hydrogen-bond donors (Lipinski definition) is 2. The summed E-state index contributed by atoms with van der Waals surface area (Å²) in [5, 5.41) is 6.85. The molecule has 0 spiro atoms. The third kappa shape index (κ3) is 4.78. The Kier molecular flexibility index (Phi) is 6.69. The number of ether oxygens (including phenoxy) is 3. The summed E-state index contributed by atoms with van der Waals surface area (Å²) in [4.78, 5) is 11.8. The molecule has 0 atom stereocenters. The zero-order valence-corrected chi connectivity index (χ0v) is 18.0. The van der Waals surface area contributed by atoms with Crippen molar-refractivity contribution in [1.82, 2.24) is 0 Å². The van der Waals surface area contributed by atoms with E-state index in [4.69, 9.17) is 25.8 Å². The summed E-state index contributed by atoms with van der Waals surface area (Å²) in [6.45, 7) is 3.34. The first-order valence-electron chi connectivity index (χ1n) is 9.25. The van der Waals surface area contributed by atoms with E-state index in [9.17, 15) is 4.79 Å². The number of halogens is 1. The van der Waals surface area contributed by atoms with Gasteiger partial charge in [0, 0.05) is 23.6 Å². The quantitative estimate of drug-likeness (QED) is 0.473. The predicted molar refractivity (Wildman–Crippen MR) is 120 cm³/mol. The average molecular weight is 427 g/mol. The van der Waals surface area contributed by atoms with E-state index >= 15 is 0 Å². The number of carbonyl (C=O) groups excluding carboxylic acids is 1. The Bertz CT molecular complexity index is 1050. The van der Waals surface area contributed by atoms with Gasteiger partial charge in [0.2, 0.25) is 5.91 Å². The number of amides is 1. The zero-order valence-electron chi connectivity index (χ0n) is 17.2. The van der Waals surface area contributed by atoms with E-state index < -0.39 is 0 Å². The molecule has 30 heavy (non-hydrogen) atoms. The molecule has 0 heterocycles. The van der Waals surface area contributed by atoms with Crippen molar-refractivity contribution in [2.75, 3.05) is 24.9 Å². The number of hydrogen-bond acceptors (Lipinski definition) is 5. The minimum Gasteiger partial charge on any atom is -0.493 e. The number of carbonyl (C=O) groups is 1. The first kappa shape index (κ1) is 21.3. The van der Waals surface area contributed by atoms with Crippen LogP contribution in [0.25, 0.3) is 0 Å². The van der Waals surface area contributed by atoms with Gasteiger partial charge in [-0.1, -0.05) is 23.7 Å². The highest BCUT2D eigenvalue weighted by Gasteiger charge is 2.19. The van der Waals surface area contributed by atoms with E-state index in [0.717, 1.165) is 11.3 Å². The van der Waals surface area contributed by atoms with Crippen molar-refractivity contribution in [1.29, 1.82) is 0 Å². The fraction of sp³-hybridized carbons (Fsp3) is 0.174. The number of rotatable bonds is 7. The number of nitrogens with one attached hydrogen (secondary N) is 2. The summed E-state index contributed by atoms with van der Waals surface area (Å²) in [7, 11) is 3.13. The maximum Gasteiger partial charge on any atom is 0.221 e. The third-order valence-electron chi connectivity index (χ3n) is 4.41. The smallest absolute Gasteiger partial charge is 0.221 e. The first-order chi connectivity index (χ1) is 14.4.